The lowest BCUT2D eigenvalue weighted by molar-refractivity contribution is -0.120. The van der Waals surface area contributed by atoms with E-state index >= 15 is 0 Å². The first-order chi connectivity index (χ1) is 8.13. The minimum absolute atomic E-state index is 0.142. The van der Waals surface area contributed by atoms with Crippen molar-refractivity contribution in [3.05, 3.63) is 0 Å². The fraction of sp³-hybridized carbons (Fsp3) is 0.818. The van der Waals surface area contributed by atoms with Gasteiger partial charge in [0.2, 0.25) is 5.91 Å². The number of likely N-dealkylation sites (N-methyl/N-ethyl adjacent to an activating group) is 1. The van der Waals surface area contributed by atoms with Crippen LogP contribution in [0.25, 0.3) is 0 Å². The predicted molar refractivity (Wildman–Crippen MR) is 68.7 cm³/mol. The molecule has 0 bridgehead atoms. The van der Waals surface area contributed by atoms with Crippen LogP contribution in [0.1, 0.15) is 26.7 Å². The lowest BCUT2D eigenvalue weighted by Crippen LogP contribution is -2.43. The van der Waals surface area contributed by atoms with Gasteiger partial charge in [-0.15, -0.1) is 0 Å². The molecule has 1 amide bonds. The number of unbranched alkanes of at least 4 members (excludes halogenated alkanes) is 1. The molecule has 0 heterocycles. The number of hydrogen-bond acceptors (Lipinski definition) is 4. The number of aliphatic hydroxyl groups excluding tert-OH is 1. The Labute approximate surface area is 103 Å². The zero-order valence-corrected chi connectivity index (χ0v) is 10.8. The predicted octanol–water partition coefficient (Wildman–Crippen LogP) is -0.468. The van der Waals surface area contributed by atoms with Crippen LogP contribution in [0.3, 0.4) is 0 Å². The van der Waals surface area contributed by atoms with Gasteiger partial charge in [-0.1, -0.05) is 13.8 Å². The zero-order chi connectivity index (χ0) is 13.1. The number of nitrogens with two attached hydrogens (primary N) is 1. The van der Waals surface area contributed by atoms with E-state index in [1.54, 1.807) is 0 Å². The van der Waals surface area contributed by atoms with Crippen molar-refractivity contribution >= 4 is 11.9 Å². The number of nitrogens with one attached hydrogen (secondary N) is 1. The van der Waals surface area contributed by atoms with Crippen molar-refractivity contribution in [3.63, 3.8) is 0 Å². The summed E-state index contributed by atoms with van der Waals surface area (Å²) < 4.78 is 0. The van der Waals surface area contributed by atoms with E-state index in [1.165, 1.54) is 0 Å². The molecule has 0 radical (unpaired) electrons. The maximum atomic E-state index is 11.5. The summed E-state index contributed by atoms with van der Waals surface area (Å²) in [5.41, 5.74) is 5.55. The number of rotatable bonds is 8. The molecule has 0 aromatic rings. The van der Waals surface area contributed by atoms with Crippen LogP contribution < -0.4 is 11.1 Å². The summed E-state index contributed by atoms with van der Waals surface area (Å²) >= 11 is 0. The molecular formula is C11H24N4O2. The van der Waals surface area contributed by atoms with Crippen LogP contribution in [-0.4, -0.2) is 54.7 Å². The summed E-state index contributed by atoms with van der Waals surface area (Å²) in [6, 6.07) is 0. The standard InChI is InChI=1S/C11H24N4O2/c1-3-15(4-2)9-10(17)14-11(12)13-7-5-6-8-16/h16H,3-9H2,1-2H3,(H3,12,13,14,17). The zero-order valence-electron chi connectivity index (χ0n) is 10.8. The minimum atomic E-state index is -0.142. The van der Waals surface area contributed by atoms with Crippen LogP contribution in [-0.2, 0) is 4.79 Å². The monoisotopic (exact) mass is 244 g/mol. The van der Waals surface area contributed by atoms with E-state index < -0.39 is 0 Å². The third-order valence-electron chi connectivity index (χ3n) is 2.38. The van der Waals surface area contributed by atoms with E-state index in [9.17, 15) is 4.79 Å². The molecule has 6 heteroatoms. The van der Waals surface area contributed by atoms with Gasteiger partial charge in [-0.25, -0.2) is 0 Å². The fourth-order valence-electron chi connectivity index (χ4n) is 1.30. The lowest BCUT2D eigenvalue weighted by atomic mass is 10.3. The van der Waals surface area contributed by atoms with Crippen LogP contribution in [0.15, 0.2) is 4.99 Å². The smallest absolute Gasteiger partial charge is 0.240 e. The van der Waals surface area contributed by atoms with E-state index in [-0.39, 0.29) is 18.5 Å². The van der Waals surface area contributed by atoms with Crippen molar-refractivity contribution in [1.82, 2.24) is 10.2 Å². The highest BCUT2D eigenvalue weighted by Gasteiger charge is 2.07. The minimum Gasteiger partial charge on any atom is -0.396 e. The van der Waals surface area contributed by atoms with E-state index in [0.29, 0.717) is 19.5 Å². The Morgan fingerprint density at radius 2 is 2.00 bits per heavy atom. The number of amides is 1. The molecule has 0 saturated carbocycles. The number of carbonyl (C=O) groups is 1. The number of guanidine groups is 1. The Hall–Kier alpha value is -1.14. The Morgan fingerprint density at radius 3 is 2.53 bits per heavy atom. The highest BCUT2D eigenvalue weighted by Crippen LogP contribution is 1.88. The lowest BCUT2D eigenvalue weighted by Gasteiger charge is -2.16. The second kappa shape index (κ2) is 10.0. The molecule has 0 atom stereocenters. The molecule has 0 aliphatic rings. The van der Waals surface area contributed by atoms with Crippen molar-refractivity contribution < 1.29 is 9.90 Å². The second-order valence-electron chi connectivity index (χ2n) is 3.71. The molecule has 0 aromatic carbocycles. The van der Waals surface area contributed by atoms with Crippen molar-refractivity contribution in [1.29, 1.82) is 0 Å². The van der Waals surface area contributed by atoms with Gasteiger partial charge in [0.15, 0.2) is 5.96 Å². The number of aliphatic hydroxyl groups is 1. The van der Waals surface area contributed by atoms with Gasteiger partial charge in [0, 0.05) is 13.2 Å². The molecule has 0 aromatic heterocycles. The highest BCUT2D eigenvalue weighted by atomic mass is 16.2. The molecule has 0 spiro atoms. The van der Waals surface area contributed by atoms with Crippen molar-refractivity contribution in [3.8, 4) is 0 Å². The van der Waals surface area contributed by atoms with Gasteiger partial charge in [-0.2, -0.15) is 0 Å². The summed E-state index contributed by atoms with van der Waals surface area (Å²) in [7, 11) is 0. The van der Waals surface area contributed by atoms with Gasteiger partial charge in [0.25, 0.3) is 0 Å². The van der Waals surface area contributed by atoms with Crippen LogP contribution in [0.2, 0.25) is 0 Å². The summed E-state index contributed by atoms with van der Waals surface area (Å²) in [5, 5.41) is 11.1. The molecule has 17 heavy (non-hydrogen) atoms. The molecular weight excluding hydrogens is 220 g/mol. The largest absolute Gasteiger partial charge is 0.396 e. The Balaban J connectivity index is 3.85. The Kier molecular flexibility index (Phi) is 9.37. The maximum absolute atomic E-state index is 11.5. The van der Waals surface area contributed by atoms with Crippen LogP contribution in [0, 0.1) is 0 Å². The van der Waals surface area contributed by atoms with Gasteiger partial charge in [-0.3, -0.25) is 20.0 Å². The summed E-state index contributed by atoms with van der Waals surface area (Å²) in [6.07, 6.45) is 1.47. The first-order valence-electron chi connectivity index (χ1n) is 6.07. The number of hydrogen-bond donors (Lipinski definition) is 3. The Bertz CT molecular complexity index is 240. The first kappa shape index (κ1) is 15.9. The average Bonchev–Trinajstić information content (AvgIpc) is 2.31. The molecule has 100 valence electrons. The Morgan fingerprint density at radius 1 is 1.35 bits per heavy atom. The number of aliphatic imine (C=N–C) groups is 1. The molecule has 0 aliphatic carbocycles. The van der Waals surface area contributed by atoms with Crippen LogP contribution >= 0.6 is 0 Å². The first-order valence-corrected chi connectivity index (χ1v) is 6.07. The fourth-order valence-corrected chi connectivity index (χ4v) is 1.30. The molecule has 0 aliphatic heterocycles. The summed E-state index contributed by atoms with van der Waals surface area (Å²) in [6.45, 7) is 6.68. The normalized spacial score (nSPS) is 11.9. The van der Waals surface area contributed by atoms with Gasteiger partial charge in [0.05, 0.1) is 6.54 Å². The molecule has 0 fully saturated rings. The number of carbonyl (C=O) groups excluding carboxylic acids is 1. The van der Waals surface area contributed by atoms with Gasteiger partial charge >= 0.3 is 0 Å². The molecule has 0 saturated heterocycles. The van der Waals surface area contributed by atoms with Gasteiger partial charge < -0.3 is 10.8 Å². The van der Waals surface area contributed by atoms with E-state index in [4.69, 9.17) is 10.8 Å². The molecule has 6 nitrogen and oxygen atoms in total. The quantitative estimate of drug-likeness (QED) is 0.306. The van der Waals surface area contributed by atoms with Crippen LogP contribution in [0.5, 0.6) is 0 Å². The highest BCUT2D eigenvalue weighted by molar-refractivity contribution is 5.96. The topological polar surface area (TPSA) is 91.0 Å². The van der Waals surface area contributed by atoms with E-state index in [0.717, 1.165) is 19.5 Å². The van der Waals surface area contributed by atoms with Crippen molar-refractivity contribution in [2.45, 2.75) is 26.7 Å². The van der Waals surface area contributed by atoms with E-state index in [1.807, 2.05) is 18.7 Å². The van der Waals surface area contributed by atoms with E-state index in [2.05, 4.69) is 10.3 Å². The number of nitrogens with zero attached hydrogens (tertiary/aromatic N) is 2. The van der Waals surface area contributed by atoms with Crippen molar-refractivity contribution in [2.75, 3.05) is 32.8 Å². The van der Waals surface area contributed by atoms with Crippen molar-refractivity contribution in [2.24, 2.45) is 10.7 Å². The third kappa shape index (κ3) is 8.65. The maximum Gasteiger partial charge on any atom is 0.240 e. The molecule has 0 rings (SSSR count). The van der Waals surface area contributed by atoms with Crippen LogP contribution in [0.4, 0.5) is 0 Å². The second-order valence-corrected chi connectivity index (χ2v) is 3.71. The summed E-state index contributed by atoms with van der Waals surface area (Å²) in [5.74, 6) is 0.0113. The van der Waals surface area contributed by atoms with Gasteiger partial charge in [-0.05, 0) is 25.9 Å². The summed E-state index contributed by atoms with van der Waals surface area (Å²) in [4.78, 5) is 17.5. The third-order valence-corrected chi connectivity index (χ3v) is 2.38. The molecule has 0 unspecified atom stereocenters. The average molecular weight is 244 g/mol. The molecule has 4 N–H and O–H groups in total. The SMILES string of the molecule is CCN(CC)CC(=O)NC(N)=NCCCCO. The van der Waals surface area contributed by atoms with Gasteiger partial charge in [0.1, 0.15) is 0 Å².